The lowest BCUT2D eigenvalue weighted by molar-refractivity contribution is 0.0126. The third-order valence-electron chi connectivity index (χ3n) is 7.42. The Balaban J connectivity index is 2.34. The first-order chi connectivity index (χ1) is 16.6. The van der Waals surface area contributed by atoms with Crippen LogP contribution in [0.3, 0.4) is 0 Å². The summed E-state index contributed by atoms with van der Waals surface area (Å²) >= 11 is 0. The number of aliphatic hydroxyl groups is 1. The van der Waals surface area contributed by atoms with Gasteiger partial charge in [-0.25, -0.2) is 8.42 Å². The molecule has 1 aliphatic heterocycles. The highest BCUT2D eigenvalue weighted by atomic mass is 32.2. The predicted octanol–water partition coefficient (Wildman–Crippen LogP) is 5.42. The summed E-state index contributed by atoms with van der Waals surface area (Å²) in [4.78, 5) is 2.27. The molecule has 35 heavy (non-hydrogen) atoms. The molecule has 2 aromatic rings. The number of fused-ring (bicyclic) bond motifs is 1. The number of hydrogen-bond acceptors (Lipinski definition) is 6. The van der Waals surface area contributed by atoms with Crippen molar-refractivity contribution < 1.29 is 23.0 Å². The molecule has 3 rings (SSSR count). The molecule has 0 aliphatic carbocycles. The number of ether oxygens (including phenoxy) is 2. The first-order valence-electron chi connectivity index (χ1n) is 12.6. The Morgan fingerprint density at radius 1 is 0.971 bits per heavy atom. The Hall–Kier alpha value is -2.25. The molecule has 7 heteroatoms. The van der Waals surface area contributed by atoms with Crippen LogP contribution in [0.4, 0.5) is 5.69 Å². The number of sulfone groups is 1. The molecule has 0 radical (unpaired) electrons. The predicted molar refractivity (Wildman–Crippen MR) is 142 cm³/mol. The molecule has 0 spiro atoms. The van der Waals surface area contributed by atoms with E-state index in [9.17, 15) is 13.5 Å². The van der Waals surface area contributed by atoms with Crippen molar-refractivity contribution in [3.63, 3.8) is 0 Å². The summed E-state index contributed by atoms with van der Waals surface area (Å²) in [6, 6.07) is 11.1. The van der Waals surface area contributed by atoms with Gasteiger partial charge in [0, 0.05) is 31.1 Å². The minimum atomic E-state index is -3.63. The van der Waals surface area contributed by atoms with E-state index in [-0.39, 0.29) is 5.75 Å². The number of anilines is 1. The Bertz CT molecular complexity index is 1100. The molecule has 0 fully saturated rings. The van der Waals surface area contributed by atoms with Crippen molar-refractivity contribution in [3.8, 4) is 11.5 Å². The smallest absolute Gasteiger partial charge is 0.179 e. The van der Waals surface area contributed by atoms with Crippen LogP contribution in [0.15, 0.2) is 41.3 Å². The zero-order valence-electron chi connectivity index (χ0n) is 22.0. The van der Waals surface area contributed by atoms with Crippen LogP contribution in [0, 0.1) is 5.41 Å². The number of nitrogens with zero attached hydrogens (tertiary/aromatic N) is 1. The van der Waals surface area contributed by atoms with Gasteiger partial charge in [0.2, 0.25) is 0 Å². The van der Waals surface area contributed by atoms with Crippen molar-refractivity contribution in [2.75, 3.05) is 39.0 Å². The van der Waals surface area contributed by atoms with Crippen LogP contribution < -0.4 is 14.4 Å². The van der Waals surface area contributed by atoms with E-state index in [1.807, 2.05) is 49.3 Å². The molecule has 1 aliphatic rings. The normalized spacial score (nSPS) is 20.5. The van der Waals surface area contributed by atoms with Gasteiger partial charge < -0.3 is 19.5 Å². The molecule has 0 bridgehead atoms. The zero-order valence-corrected chi connectivity index (χ0v) is 22.8. The molecular formula is C28H41NO5S. The van der Waals surface area contributed by atoms with E-state index in [1.165, 1.54) is 0 Å². The van der Waals surface area contributed by atoms with Gasteiger partial charge in [-0.1, -0.05) is 45.6 Å². The summed E-state index contributed by atoms with van der Waals surface area (Å²) in [7, 11) is 3.41. The summed E-state index contributed by atoms with van der Waals surface area (Å²) < 4.78 is 38.8. The maximum atomic E-state index is 13.9. The lowest BCUT2D eigenvalue weighted by Crippen LogP contribution is -2.43. The van der Waals surface area contributed by atoms with Crippen LogP contribution >= 0.6 is 0 Å². The highest BCUT2D eigenvalue weighted by Crippen LogP contribution is 2.50. The lowest BCUT2D eigenvalue weighted by Gasteiger charge is -2.40. The minimum absolute atomic E-state index is 0.0424. The van der Waals surface area contributed by atoms with Gasteiger partial charge in [-0.2, -0.15) is 0 Å². The quantitative estimate of drug-likeness (QED) is 0.467. The maximum absolute atomic E-state index is 13.9. The van der Waals surface area contributed by atoms with E-state index in [2.05, 4.69) is 13.8 Å². The fourth-order valence-corrected chi connectivity index (χ4v) is 7.63. The topological polar surface area (TPSA) is 76.1 Å². The molecule has 0 amide bonds. The van der Waals surface area contributed by atoms with Crippen molar-refractivity contribution >= 4 is 15.5 Å². The Morgan fingerprint density at radius 2 is 1.60 bits per heavy atom. The standard InChI is InChI=1S/C28H41NO5S/c1-7-9-15-28(16-10-8-2)19-35(31,32)25-14-12-21(29(3)4)18-22(25)26(27(28)30)20-11-13-23(33-5)24(17-20)34-6/h11-14,17-18,26-27,30H,7-10,15-16,19H2,1-6H3/t26-,27-/m1/s1. The first kappa shape index (κ1) is 27.3. The number of benzene rings is 2. The lowest BCUT2D eigenvalue weighted by atomic mass is 9.68. The monoisotopic (exact) mass is 503 g/mol. The first-order valence-corrected chi connectivity index (χ1v) is 14.2. The number of methoxy groups -OCH3 is 2. The number of hydrogen-bond donors (Lipinski definition) is 1. The van der Waals surface area contributed by atoms with Gasteiger partial charge in [0.25, 0.3) is 0 Å². The van der Waals surface area contributed by atoms with E-state index in [1.54, 1.807) is 20.3 Å². The van der Waals surface area contributed by atoms with E-state index < -0.39 is 27.3 Å². The van der Waals surface area contributed by atoms with Crippen LogP contribution in [0.5, 0.6) is 11.5 Å². The molecule has 1 N–H and O–H groups in total. The molecule has 6 nitrogen and oxygen atoms in total. The Morgan fingerprint density at radius 3 is 2.14 bits per heavy atom. The third-order valence-corrected chi connectivity index (χ3v) is 9.42. The van der Waals surface area contributed by atoms with Gasteiger partial charge in [-0.15, -0.1) is 0 Å². The summed E-state index contributed by atoms with van der Waals surface area (Å²) in [6.45, 7) is 4.21. The van der Waals surface area contributed by atoms with Crippen molar-refractivity contribution in [1.82, 2.24) is 0 Å². The number of unbranched alkanes of at least 4 members (excludes halogenated alkanes) is 2. The average molecular weight is 504 g/mol. The molecule has 194 valence electrons. The van der Waals surface area contributed by atoms with E-state index >= 15 is 0 Å². The fraction of sp³-hybridized carbons (Fsp3) is 0.571. The van der Waals surface area contributed by atoms with Crippen LogP contribution in [0.2, 0.25) is 0 Å². The van der Waals surface area contributed by atoms with Gasteiger partial charge in [-0.3, -0.25) is 0 Å². The van der Waals surface area contributed by atoms with E-state index in [0.29, 0.717) is 34.8 Å². The summed E-state index contributed by atoms with van der Waals surface area (Å²) in [5.74, 6) is 0.592. The van der Waals surface area contributed by atoms with Gasteiger partial charge in [0.05, 0.1) is 31.0 Å². The Labute approximate surface area is 211 Å². The van der Waals surface area contributed by atoms with Gasteiger partial charge in [-0.05, 0) is 54.3 Å². The number of rotatable bonds is 10. The molecule has 1 heterocycles. The summed E-state index contributed by atoms with van der Waals surface area (Å²) in [6.07, 6.45) is 4.10. The molecule has 0 saturated heterocycles. The van der Waals surface area contributed by atoms with Crippen LogP contribution in [-0.2, 0) is 9.84 Å². The molecule has 0 aromatic heterocycles. The second kappa shape index (κ2) is 11.2. The third kappa shape index (κ3) is 5.46. The van der Waals surface area contributed by atoms with Crippen molar-refractivity contribution in [2.24, 2.45) is 5.41 Å². The van der Waals surface area contributed by atoms with E-state index in [0.717, 1.165) is 36.9 Å². The van der Waals surface area contributed by atoms with Crippen molar-refractivity contribution in [1.29, 1.82) is 0 Å². The van der Waals surface area contributed by atoms with Gasteiger partial charge >= 0.3 is 0 Å². The van der Waals surface area contributed by atoms with E-state index in [4.69, 9.17) is 9.47 Å². The van der Waals surface area contributed by atoms with Crippen molar-refractivity contribution in [3.05, 3.63) is 47.5 Å². The number of aliphatic hydroxyl groups excluding tert-OH is 1. The van der Waals surface area contributed by atoms with Gasteiger partial charge in [0.15, 0.2) is 21.3 Å². The van der Waals surface area contributed by atoms with Crippen molar-refractivity contribution in [2.45, 2.75) is 69.3 Å². The molecular weight excluding hydrogens is 462 g/mol. The highest BCUT2D eigenvalue weighted by Gasteiger charge is 2.49. The molecule has 0 unspecified atom stereocenters. The Kier molecular flexibility index (Phi) is 8.76. The highest BCUT2D eigenvalue weighted by molar-refractivity contribution is 7.91. The fourth-order valence-electron chi connectivity index (χ4n) is 5.44. The summed E-state index contributed by atoms with van der Waals surface area (Å²) in [5, 5.41) is 12.2. The summed E-state index contributed by atoms with van der Waals surface area (Å²) in [5.41, 5.74) is 1.62. The second-order valence-electron chi connectivity index (χ2n) is 9.98. The largest absolute Gasteiger partial charge is 0.493 e. The SMILES string of the molecule is CCCCC1(CCCC)CS(=O)(=O)c2ccc(N(C)C)cc2[C@@H](c2ccc(OC)c(OC)c2)[C@H]1O. The minimum Gasteiger partial charge on any atom is -0.493 e. The molecule has 2 aromatic carbocycles. The average Bonchev–Trinajstić information content (AvgIpc) is 2.91. The van der Waals surface area contributed by atoms with Crippen LogP contribution in [0.1, 0.15) is 69.4 Å². The van der Waals surface area contributed by atoms with Crippen LogP contribution in [0.25, 0.3) is 0 Å². The molecule has 0 saturated carbocycles. The van der Waals surface area contributed by atoms with Gasteiger partial charge in [0.1, 0.15) is 0 Å². The molecule has 2 atom stereocenters. The van der Waals surface area contributed by atoms with Crippen LogP contribution in [-0.4, -0.2) is 53.7 Å². The second-order valence-corrected chi connectivity index (χ2v) is 11.9. The maximum Gasteiger partial charge on any atom is 0.179 e. The zero-order chi connectivity index (χ0) is 25.8.